The van der Waals surface area contributed by atoms with Gasteiger partial charge in [-0.25, -0.2) is 0 Å². The number of ether oxygens (including phenoxy) is 1. The van der Waals surface area contributed by atoms with Gasteiger partial charge in [-0.2, -0.15) is 18.2 Å². The van der Waals surface area contributed by atoms with E-state index in [4.69, 9.17) is 4.74 Å². The third-order valence-corrected chi connectivity index (χ3v) is 2.48. The molecule has 1 aliphatic heterocycles. The van der Waals surface area contributed by atoms with Crippen molar-refractivity contribution in [1.82, 2.24) is 0 Å². The summed E-state index contributed by atoms with van der Waals surface area (Å²) in [6.45, 7) is 0. The van der Waals surface area contributed by atoms with Crippen molar-refractivity contribution in [1.29, 1.82) is 0 Å². The minimum absolute atomic E-state index is 0. The molecule has 0 aromatic heterocycles. The summed E-state index contributed by atoms with van der Waals surface area (Å²) in [5.74, 6) is 1.94. The van der Waals surface area contributed by atoms with Crippen molar-refractivity contribution < 1.29 is 17.1 Å². The van der Waals surface area contributed by atoms with Crippen LogP contribution in [0, 0.1) is 6.07 Å². The van der Waals surface area contributed by atoms with Gasteiger partial charge in [0.05, 0.1) is 0 Å². The number of benzene rings is 2. The molecule has 2 aromatic carbocycles. The first-order chi connectivity index (χ1) is 6.93. The Morgan fingerprint density at radius 2 is 1.75 bits per heavy atom. The molecule has 1 heterocycles. The summed E-state index contributed by atoms with van der Waals surface area (Å²) >= 11 is 0. The first-order valence-corrected chi connectivity index (χ1v) is 4.68. The average molecular weight is 241 g/mol. The van der Waals surface area contributed by atoms with Gasteiger partial charge in [-0.1, -0.05) is 18.2 Å². The molecule has 0 atom stereocenters. The fourth-order valence-electron chi connectivity index (χ4n) is 1.76. The Hall–Kier alpha value is -0.704. The van der Waals surface area contributed by atoms with Gasteiger partial charge in [-0.15, -0.1) is 11.6 Å². The molecule has 2 aromatic rings. The first-order valence-electron chi connectivity index (χ1n) is 4.68. The molecule has 16 heavy (non-hydrogen) atoms. The molecule has 3 heteroatoms. The van der Waals surface area contributed by atoms with Crippen molar-refractivity contribution in [2.45, 2.75) is 6.42 Å². The summed E-state index contributed by atoms with van der Waals surface area (Å²) in [6, 6.07) is 17.1. The van der Waals surface area contributed by atoms with Crippen molar-refractivity contribution in [2.24, 2.45) is 0 Å². The first kappa shape index (κ1) is 13.4. The average Bonchev–Trinajstić information content (AvgIpc) is 2.26. The van der Waals surface area contributed by atoms with Crippen LogP contribution in [0.1, 0.15) is 11.1 Å². The fourth-order valence-corrected chi connectivity index (χ4v) is 1.76. The van der Waals surface area contributed by atoms with E-state index < -0.39 is 0 Å². The normalized spacial score (nSPS) is 11.0. The SMILES string of the molecule is [Cl-].[Mg+2].[c-]1ccc2c(c1)Cc1ccccc1O2. The van der Waals surface area contributed by atoms with E-state index in [1.54, 1.807) is 0 Å². The molecule has 0 amide bonds. The Bertz CT molecular complexity index is 397. The Morgan fingerprint density at radius 3 is 2.62 bits per heavy atom. The van der Waals surface area contributed by atoms with E-state index in [9.17, 15) is 0 Å². The molecular weight excluding hydrogens is 232 g/mol. The standard InChI is InChI=1S/C13H9O.ClH.Mg/c1-3-7-12-10(5-1)9-11-6-2-4-8-13(11)14-12;;/h1,3-8H,9H2;1H;/q-1;;+2/p-1. The van der Waals surface area contributed by atoms with Crippen LogP contribution in [0.5, 0.6) is 11.5 Å². The smallest absolute Gasteiger partial charge is 1.00 e. The van der Waals surface area contributed by atoms with Crippen molar-refractivity contribution in [3.63, 3.8) is 0 Å². The quantitative estimate of drug-likeness (QED) is 0.391. The van der Waals surface area contributed by atoms with Crippen LogP contribution in [0.3, 0.4) is 0 Å². The van der Waals surface area contributed by atoms with E-state index in [0.717, 1.165) is 17.9 Å². The largest absolute Gasteiger partial charge is 2.00 e. The number of hydrogen-bond acceptors (Lipinski definition) is 1. The monoisotopic (exact) mass is 240 g/mol. The van der Waals surface area contributed by atoms with Gasteiger partial charge in [0.15, 0.2) is 0 Å². The Labute approximate surface area is 117 Å². The van der Waals surface area contributed by atoms with Gasteiger partial charge in [0, 0.05) is 5.75 Å². The minimum Gasteiger partial charge on any atom is -1.00 e. The van der Waals surface area contributed by atoms with Crippen LogP contribution in [0.2, 0.25) is 0 Å². The zero-order valence-electron chi connectivity index (χ0n) is 8.74. The second kappa shape index (κ2) is 5.57. The number of halogens is 1. The second-order valence-electron chi connectivity index (χ2n) is 3.42. The Morgan fingerprint density at radius 1 is 1.00 bits per heavy atom. The predicted octanol–water partition coefficient (Wildman–Crippen LogP) is -0.194. The third-order valence-electron chi connectivity index (χ3n) is 2.48. The minimum atomic E-state index is 0. The molecule has 1 nitrogen and oxygen atoms in total. The van der Waals surface area contributed by atoms with Gasteiger partial charge in [0.25, 0.3) is 0 Å². The fraction of sp³-hybridized carbons (Fsp3) is 0.0769. The van der Waals surface area contributed by atoms with Crippen LogP contribution in [0.15, 0.2) is 42.5 Å². The summed E-state index contributed by atoms with van der Waals surface area (Å²) < 4.78 is 5.76. The second-order valence-corrected chi connectivity index (χ2v) is 3.42. The summed E-state index contributed by atoms with van der Waals surface area (Å²) in [5, 5.41) is 0. The molecule has 0 saturated heterocycles. The maximum absolute atomic E-state index is 5.76. The van der Waals surface area contributed by atoms with Crippen molar-refractivity contribution >= 4 is 23.1 Å². The summed E-state index contributed by atoms with van der Waals surface area (Å²) in [6.07, 6.45) is 0.947. The Balaban J connectivity index is 0.000000640. The van der Waals surface area contributed by atoms with Crippen molar-refractivity contribution in [2.75, 3.05) is 0 Å². The molecule has 0 fully saturated rings. The molecule has 0 aliphatic carbocycles. The molecule has 0 bridgehead atoms. The van der Waals surface area contributed by atoms with Gasteiger partial charge in [-0.05, 0) is 18.1 Å². The molecule has 0 saturated carbocycles. The number of para-hydroxylation sites is 1. The van der Waals surface area contributed by atoms with Gasteiger partial charge in [-0.3, -0.25) is 0 Å². The van der Waals surface area contributed by atoms with Gasteiger partial charge in [0.1, 0.15) is 5.75 Å². The molecule has 3 rings (SSSR count). The van der Waals surface area contributed by atoms with Crippen LogP contribution in [0.4, 0.5) is 0 Å². The van der Waals surface area contributed by atoms with Crippen molar-refractivity contribution in [3.05, 3.63) is 59.7 Å². The van der Waals surface area contributed by atoms with E-state index in [2.05, 4.69) is 12.1 Å². The molecule has 0 radical (unpaired) electrons. The van der Waals surface area contributed by atoms with E-state index in [1.807, 2.05) is 36.4 Å². The van der Waals surface area contributed by atoms with Crippen LogP contribution in [0.25, 0.3) is 0 Å². The molecule has 0 unspecified atom stereocenters. The van der Waals surface area contributed by atoms with Crippen LogP contribution in [-0.2, 0) is 6.42 Å². The summed E-state index contributed by atoms with van der Waals surface area (Å²) in [7, 11) is 0. The number of rotatable bonds is 0. The molecule has 0 spiro atoms. The van der Waals surface area contributed by atoms with Crippen LogP contribution >= 0.6 is 0 Å². The van der Waals surface area contributed by atoms with Crippen molar-refractivity contribution in [3.8, 4) is 11.5 Å². The van der Waals surface area contributed by atoms with Gasteiger partial charge >= 0.3 is 23.1 Å². The zero-order valence-corrected chi connectivity index (χ0v) is 10.9. The number of hydrogen-bond donors (Lipinski definition) is 0. The third kappa shape index (κ3) is 2.34. The van der Waals surface area contributed by atoms with E-state index >= 15 is 0 Å². The maximum Gasteiger partial charge on any atom is 2.00 e. The predicted molar refractivity (Wildman–Crippen MR) is 60.4 cm³/mol. The van der Waals surface area contributed by atoms with Crippen LogP contribution < -0.4 is 17.1 Å². The van der Waals surface area contributed by atoms with Gasteiger partial charge in [0.2, 0.25) is 0 Å². The van der Waals surface area contributed by atoms with E-state index in [0.29, 0.717) is 0 Å². The molecular formula is C13H9ClMgO. The zero-order chi connectivity index (χ0) is 9.38. The maximum atomic E-state index is 5.76. The van der Waals surface area contributed by atoms with Gasteiger partial charge < -0.3 is 17.1 Å². The van der Waals surface area contributed by atoms with Crippen LogP contribution in [-0.4, -0.2) is 23.1 Å². The number of fused-ring (bicyclic) bond motifs is 2. The van der Waals surface area contributed by atoms with E-state index in [-0.39, 0.29) is 35.5 Å². The topological polar surface area (TPSA) is 9.23 Å². The Kier molecular flexibility index (Phi) is 4.65. The summed E-state index contributed by atoms with van der Waals surface area (Å²) in [5.41, 5.74) is 2.46. The van der Waals surface area contributed by atoms with E-state index in [1.165, 1.54) is 11.1 Å². The molecule has 0 N–H and O–H groups in total. The summed E-state index contributed by atoms with van der Waals surface area (Å²) in [4.78, 5) is 0. The molecule has 76 valence electrons. The molecule has 1 aliphatic rings.